The highest BCUT2D eigenvalue weighted by atomic mass is 35.5. The molecule has 1 heterocycles. The maximum Gasteiger partial charge on any atom is 0.229 e. The average Bonchev–Trinajstić information content (AvgIpc) is 2.75. The van der Waals surface area contributed by atoms with Crippen LogP contribution in [-0.4, -0.2) is 16.1 Å². The van der Waals surface area contributed by atoms with Crippen molar-refractivity contribution in [2.75, 3.05) is 5.32 Å². The van der Waals surface area contributed by atoms with E-state index < -0.39 is 0 Å². The Morgan fingerprint density at radius 3 is 2.79 bits per heavy atom. The maximum absolute atomic E-state index is 11.8. The minimum Gasteiger partial charge on any atom is -0.300 e. The fourth-order valence-corrected chi connectivity index (χ4v) is 2.96. The van der Waals surface area contributed by atoms with Crippen LogP contribution in [0.3, 0.4) is 0 Å². The Kier molecular flexibility index (Phi) is 3.48. The van der Waals surface area contributed by atoms with Crippen LogP contribution in [0.5, 0.6) is 0 Å². The highest BCUT2D eigenvalue weighted by Gasteiger charge is 2.26. The highest BCUT2D eigenvalue weighted by Crippen LogP contribution is 2.33. The third-order valence-electron chi connectivity index (χ3n) is 3.24. The van der Waals surface area contributed by atoms with Crippen LogP contribution < -0.4 is 5.32 Å². The van der Waals surface area contributed by atoms with E-state index in [1.165, 1.54) is 11.3 Å². The first-order chi connectivity index (χ1) is 9.24. The molecule has 19 heavy (non-hydrogen) atoms. The zero-order valence-corrected chi connectivity index (χ0v) is 11.7. The molecule has 98 valence electrons. The van der Waals surface area contributed by atoms with Crippen molar-refractivity contribution >= 4 is 34.0 Å². The van der Waals surface area contributed by atoms with Crippen molar-refractivity contribution < 1.29 is 4.79 Å². The number of anilines is 1. The highest BCUT2D eigenvalue weighted by molar-refractivity contribution is 7.18. The molecule has 1 aromatic heterocycles. The second-order valence-corrected chi connectivity index (χ2v) is 5.89. The molecule has 1 N–H and O–H groups in total. The largest absolute Gasteiger partial charge is 0.300 e. The van der Waals surface area contributed by atoms with Gasteiger partial charge in [-0.25, -0.2) is 0 Å². The summed E-state index contributed by atoms with van der Waals surface area (Å²) in [5, 5.41) is 12.8. The maximum atomic E-state index is 11.8. The smallest absolute Gasteiger partial charge is 0.229 e. The van der Waals surface area contributed by atoms with Crippen LogP contribution in [0.25, 0.3) is 10.6 Å². The number of rotatable bonds is 3. The molecule has 1 amide bonds. The van der Waals surface area contributed by atoms with Crippen molar-refractivity contribution in [1.82, 2.24) is 10.2 Å². The predicted octanol–water partition coefficient (Wildman–Crippen LogP) is 3.60. The fourth-order valence-electron chi connectivity index (χ4n) is 1.90. The van der Waals surface area contributed by atoms with Crippen LogP contribution in [0.2, 0.25) is 5.02 Å². The second kappa shape index (κ2) is 5.27. The standard InChI is InChI=1S/C13H12ClN3OS/c14-10-7-2-1-6-9(10)12-16-17-13(19-12)15-11(18)8-4-3-5-8/h1-2,6-8H,3-5H2,(H,15,17,18). The van der Waals surface area contributed by atoms with Gasteiger partial charge >= 0.3 is 0 Å². The second-order valence-electron chi connectivity index (χ2n) is 4.51. The monoisotopic (exact) mass is 293 g/mol. The molecule has 0 bridgehead atoms. The van der Waals surface area contributed by atoms with Gasteiger partial charge in [0, 0.05) is 11.5 Å². The summed E-state index contributed by atoms with van der Waals surface area (Å²) in [5.74, 6) is 0.195. The average molecular weight is 294 g/mol. The van der Waals surface area contributed by atoms with Crippen molar-refractivity contribution in [3.63, 3.8) is 0 Å². The van der Waals surface area contributed by atoms with Crippen LogP contribution >= 0.6 is 22.9 Å². The lowest BCUT2D eigenvalue weighted by atomic mass is 9.85. The number of nitrogens with zero attached hydrogens (tertiary/aromatic N) is 2. The van der Waals surface area contributed by atoms with Crippen molar-refractivity contribution in [1.29, 1.82) is 0 Å². The number of halogens is 1. The van der Waals surface area contributed by atoms with Gasteiger partial charge in [0.25, 0.3) is 0 Å². The summed E-state index contributed by atoms with van der Waals surface area (Å²) in [6, 6.07) is 7.46. The van der Waals surface area contributed by atoms with E-state index in [2.05, 4.69) is 15.5 Å². The first-order valence-electron chi connectivity index (χ1n) is 6.13. The molecule has 2 aromatic rings. The van der Waals surface area contributed by atoms with Crippen molar-refractivity contribution in [3.8, 4) is 10.6 Å². The van der Waals surface area contributed by atoms with Gasteiger partial charge in [-0.2, -0.15) is 0 Å². The first-order valence-corrected chi connectivity index (χ1v) is 7.33. The van der Waals surface area contributed by atoms with Gasteiger partial charge in [0.05, 0.1) is 5.02 Å². The molecule has 0 spiro atoms. The van der Waals surface area contributed by atoms with E-state index in [1.54, 1.807) is 0 Å². The van der Waals surface area contributed by atoms with Gasteiger partial charge in [0.1, 0.15) is 0 Å². The van der Waals surface area contributed by atoms with Gasteiger partial charge in [-0.05, 0) is 18.9 Å². The third kappa shape index (κ3) is 2.62. The molecule has 1 aromatic carbocycles. The van der Waals surface area contributed by atoms with Crippen molar-refractivity contribution in [3.05, 3.63) is 29.3 Å². The summed E-state index contributed by atoms with van der Waals surface area (Å²) in [6.45, 7) is 0. The van der Waals surface area contributed by atoms with Crippen molar-refractivity contribution in [2.45, 2.75) is 19.3 Å². The van der Waals surface area contributed by atoms with E-state index in [0.29, 0.717) is 10.2 Å². The molecule has 1 aliphatic carbocycles. The van der Waals surface area contributed by atoms with Gasteiger partial charge in [0.15, 0.2) is 5.01 Å². The number of benzene rings is 1. The number of aromatic nitrogens is 2. The Labute approximate surface area is 119 Å². The Balaban J connectivity index is 1.76. The Morgan fingerprint density at radius 2 is 2.11 bits per heavy atom. The summed E-state index contributed by atoms with van der Waals surface area (Å²) in [5.41, 5.74) is 0.839. The molecule has 0 unspecified atom stereocenters. The third-order valence-corrected chi connectivity index (χ3v) is 4.44. The molecule has 0 aliphatic heterocycles. The molecule has 4 nitrogen and oxygen atoms in total. The number of hydrogen-bond acceptors (Lipinski definition) is 4. The van der Waals surface area contributed by atoms with E-state index in [1.807, 2.05) is 24.3 Å². The van der Waals surface area contributed by atoms with Crippen LogP contribution in [0.15, 0.2) is 24.3 Å². The molecule has 1 aliphatic rings. The van der Waals surface area contributed by atoms with Crippen LogP contribution in [0.1, 0.15) is 19.3 Å². The van der Waals surface area contributed by atoms with Gasteiger partial charge in [-0.1, -0.05) is 47.6 Å². The van der Waals surface area contributed by atoms with E-state index >= 15 is 0 Å². The summed E-state index contributed by atoms with van der Waals surface area (Å²) in [6.07, 6.45) is 3.09. The van der Waals surface area contributed by atoms with Gasteiger partial charge < -0.3 is 5.32 Å². The minimum absolute atomic E-state index is 0.0492. The zero-order chi connectivity index (χ0) is 13.2. The topological polar surface area (TPSA) is 54.9 Å². The molecule has 6 heteroatoms. The molecule has 3 rings (SSSR count). The summed E-state index contributed by atoms with van der Waals surface area (Å²) in [7, 11) is 0. The Hall–Kier alpha value is -1.46. The lowest BCUT2D eigenvalue weighted by Crippen LogP contribution is -2.27. The summed E-state index contributed by atoms with van der Waals surface area (Å²) >= 11 is 7.45. The molecule has 1 fully saturated rings. The van der Waals surface area contributed by atoms with Crippen molar-refractivity contribution in [2.24, 2.45) is 5.92 Å². The van der Waals surface area contributed by atoms with E-state index in [4.69, 9.17) is 11.6 Å². The minimum atomic E-state index is 0.0492. The quantitative estimate of drug-likeness (QED) is 0.941. The Bertz CT molecular complexity index is 609. The van der Waals surface area contributed by atoms with Gasteiger partial charge in [-0.3, -0.25) is 4.79 Å². The van der Waals surface area contributed by atoms with Crippen LogP contribution in [-0.2, 0) is 4.79 Å². The first kappa shape index (κ1) is 12.6. The summed E-state index contributed by atoms with van der Waals surface area (Å²) in [4.78, 5) is 11.8. The van der Waals surface area contributed by atoms with E-state index in [9.17, 15) is 4.79 Å². The molecule has 0 saturated heterocycles. The number of carbonyl (C=O) groups is 1. The van der Waals surface area contributed by atoms with Gasteiger partial charge in [0.2, 0.25) is 11.0 Å². The Morgan fingerprint density at radius 1 is 1.32 bits per heavy atom. The molecular weight excluding hydrogens is 282 g/mol. The van der Waals surface area contributed by atoms with E-state index in [-0.39, 0.29) is 11.8 Å². The zero-order valence-electron chi connectivity index (χ0n) is 10.1. The number of carbonyl (C=O) groups excluding carboxylic acids is 1. The fraction of sp³-hybridized carbons (Fsp3) is 0.308. The van der Waals surface area contributed by atoms with Crippen LogP contribution in [0, 0.1) is 5.92 Å². The lowest BCUT2D eigenvalue weighted by Gasteiger charge is -2.23. The molecule has 0 atom stereocenters. The van der Waals surface area contributed by atoms with E-state index in [0.717, 1.165) is 29.8 Å². The normalized spacial score (nSPS) is 15.0. The van der Waals surface area contributed by atoms with Gasteiger partial charge in [-0.15, -0.1) is 10.2 Å². The molecular formula is C13H12ClN3OS. The van der Waals surface area contributed by atoms with Crippen LogP contribution in [0.4, 0.5) is 5.13 Å². The number of hydrogen-bond donors (Lipinski definition) is 1. The number of amides is 1. The predicted molar refractivity (Wildman–Crippen MR) is 76.3 cm³/mol. The molecule has 1 saturated carbocycles. The lowest BCUT2D eigenvalue weighted by molar-refractivity contribution is -0.122. The SMILES string of the molecule is O=C(Nc1nnc(-c2ccccc2Cl)s1)C1CCC1. The summed E-state index contributed by atoms with van der Waals surface area (Å²) < 4.78 is 0. The molecule has 0 radical (unpaired) electrons. The number of nitrogens with one attached hydrogen (secondary N) is 1.